The lowest BCUT2D eigenvalue weighted by Gasteiger charge is -2.23. The van der Waals surface area contributed by atoms with E-state index in [-0.39, 0.29) is 5.91 Å². The van der Waals surface area contributed by atoms with Gasteiger partial charge in [0.15, 0.2) is 0 Å². The van der Waals surface area contributed by atoms with Gasteiger partial charge in [-0.05, 0) is 31.0 Å². The van der Waals surface area contributed by atoms with Crippen molar-refractivity contribution in [2.24, 2.45) is 0 Å². The molecule has 0 unspecified atom stereocenters. The predicted molar refractivity (Wildman–Crippen MR) is 144 cm³/mol. The fourth-order valence-electron chi connectivity index (χ4n) is 4.35. The first kappa shape index (κ1) is 29.2. The van der Waals surface area contributed by atoms with Gasteiger partial charge in [-0.15, -0.1) is 0 Å². The number of carbonyl (C=O) groups excluding carboxylic acids is 1. The molecule has 0 radical (unpaired) electrons. The Balaban J connectivity index is 2.32. The Labute approximate surface area is 208 Å². The number of hydrogen-bond donors (Lipinski definition) is 0. The van der Waals surface area contributed by atoms with E-state index in [9.17, 15) is 4.79 Å². The first-order chi connectivity index (χ1) is 15.7. The van der Waals surface area contributed by atoms with Gasteiger partial charge in [0.1, 0.15) is 0 Å². The Hall–Kier alpha value is -0.830. The lowest BCUT2D eigenvalue weighted by molar-refractivity contribution is 0.0749. The van der Waals surface area contributed by atoms with E-state index in [0.29, 0.717) is 0 Å². The van der Waals surface area contributed by atoms with Gasteiger partial charge in [-0.2, -0.15) is 0 Å². The van der Waals surface area contributed by atoms with Crippen molar-refractivity contribution in [3.63, 3.8) is 0 Å². The summed E-state index contributed by atoms with van der Waals surface area (Å²) >= 11 is 3.52. The molecule has 0 aliphatic rings. The van der Waals surface area contributed by atoms with Crippen LogP contribution in [0.5, 0.6) is 0 Å². The highest BCUT2D eigenvalue weighted by Gasteiger charge is 2.15. The molecule has 0 aromatic heterocycles. The SMILES string of the molecule is CCCCCCCCCCCN(CCCCCCCCCCC)C(=O)c1cccc(Br)c1. The van der Waals surface area contributed by atoms with Crippen LogP contribution in [0.2, 0.25) is 0 Å². The highest BCUT2D eigenvalue weighted by atomic mass is 79.9. The second-order valence-corrected chi connectivity index (χ2v) is 10.4. The fourth-order valence-corrected chi connectivity index (χ4v) is 4.74. The van der Waals surface area contributed by atoms with Gasteiger partial charge in [0.05, 0.1) is 0 Å². The second kappa shape index (κ2) is 20.8. The average molecular weight is 509 g/mol. The van der Waals surface area contributed by atoms with Gasteiger partial charge in [0.25, 0.3) is 5.91 Å². The maximum absolute atomic E-state index is 13.1. The lowest BCUT2D eigenvalue weighted by Crippen LogP contribution is -2.33. The summed E-state index contributed by atoms with van der Waals surface area (Å²) in [6, 6.07) is 7.86. The minimum atomic E-state index is 0.199. The minimum Gasteiger partial charge on any atom is -0.339 e. The minimum absolute atomic E-state index is 0.199. The van der Waals surface area contributed by atoms with E-state index < -0.39 is 0 Å². The van der Waals surface area contributed by atoms with Crippen LogP contribution in [-0.2, 0) is 0 Å². The van der Waals surface area contributed by atoms with Gasteiger partial charge in [-0.1, -0.05) is 139 Å². The summed E-state index contributed by atoms with van der Waals surface area (Å²) in [4.78, 5) is 15.3. The third-order valence-corrected chi connectivity index (χ3v) is 6.92. The van der Waals surface area contributed by atoms with Crippen molar-refractivity contribution >= 4 is 21.8 Å². The molecule has 0 heterocycles. The largest absolute Gasteiger partial charge is 0.339 e. The number of unbranched alkanes of at least 4 members (excludes halogenated alkanes) is 16. The molecule has 3 heteroatoms. The van der Waals surface area contributed by atoms with Gasteiger partial charge in [0, 0.05) is 23.1 Å². The zero-order chi connectivity index (χ0) is 23.3. The number of halogens is 1. The van der Waals surface area contributed by atoms with Crippen LogP contribution in [0.15, 0.2) is 28.7 Å². The van der Waals surface area contributed by atoms with Gasteiger partial charge >= 0.3 is 0 Å². The van der Waals surface area contributed by atoms with Crippen molar-refractivity contribution in [2.75, 3.05) is 13.1 Å². The van der Waals surface area contributed by atoms with E-state index in [1.165, 1.54) is 103 Å². The van der Waals surface area contributed by atoms with E-state index in [4.69, 9.17) is 0 Å². The summed E-state index contributed by atoms with van der Waals surface area (Å²) in [5.74, 6) is 0.199. The van der Waals surface area contributed by atoms with E-state index in [0.717, 1.165) is 36.0 Å². The standard InChI is InChI=1S/C29H50BrNO/c1-3-5-7-9-11-13-15-17-19-24-31(29(32)27-22-21-23-28(30)26-27)25-20-18-16-14-12-10-8-6-4-2/h21-23,26H,3-20,24-25H2,1-2H3. The molecular weight excluding hydrogens is 458 g/mol. The molecule has 2 nitrogen and oxygen atoms in total. The Kier molecular flexibility index (Phi) is 18.9. The first-order valence-corrected chi connectivity index (χ1v) is 14.5. The molecule has 1 rings (SSSR count). The smallest absolute Gasteiger partial charge is 0.253 e. The molecule has 0 spiro atoms. The number of benzene rings is 1. The van der Waals surface area contributed by atoms with Crippen LogP contribution in [0.4, 0.5) is 0 Å². The maximum Gasteiger partial charge on any atom is 0.253 e. The van der Waals surface area contributed by atoms with Gasteiger partial charge < -0.3 is 4.90 Å². The molecule has 0 saturated carbocycles. The first-order valence-electron chi connectivity index (χ1n) is 13.7. The number of carbonyl (C=O) groups is 1. The van der Waals surface area contributed by atoms with Crippen LogP contribution < -0.4 is 0 Å². The van der Waals surface area contributed by atoms with E-state index in [2.05, 4.69) is 34.7 Å². The Morgan fingerprint density at radius 2 is 1.06 bits per heavy atom. The van der Waals surface area contributed by atoms with E-state index >= 15 is 0 Å². The quantitative estimate of drug-likeness (QED) is 0.151. The monoisotopic (exact) mass is 507 g/mol. The molecule has 0 N–H and O–H groups in total. The molecule has 32 heavy (non-hydrogen) atoms. The van der Waals surface area contributed by atoms with Crippen LogP contribution in [0, 0.1) is 0 Å². The van der Waals surface area contributed by atoms with Crippen molar-refractivity contribution < 1.29 is 4.79 Å². The molecule has 0 saturated heterocycles. The molecule has 0 aliphatic carbocycles. The van der Waals surface area contributed by atoms with Crippen molar-refractivity contribution in [3.8, 4) is 0 Å². The van der Waals surface area contributed by atoms with Crippen molar-refractivity contribution in [2.45, 2.75) is 129 Å². The van der Waals surface area contributed by atoms with Gasteiger partial charge in [-0.3, -0.25) is 4.79 Å². The highest BCUT2D eigenvalue weighted by Crippen LogP contribution is 2.16. The fraction of sp³-hybridized carbons (Fsp3) is 0.759. The topological polar surface area (TPSA) is 20.3 Å². The molecule has 0 fully saturated rings. The van der Waals surface area contributed by atoms with Crippen LogP contribution in [-0.4, -0.2) is 23.9 Å². The van der Waals surface area contributed by atoms with E-state index in [1.54, 1.807) is 0 Å². The zero-order valence-electron chi connectivity index (χ0n) is 21.2. The normalized spacial score (nSPS) is 11.1. The number of amides is 1. The predicted octanol–water partition coefficient (Wildman–Crippen LogP) is 9.95. The van der Waals surface area contributed by atoms with Crippen molar-refractivity contribution in [3.05, 3.63) is 34.3 Å². The van der Waals surface area contributed by atoms with Gasteiger partial charge in [0.2, 0.25) is 0 Å². The van der Waals surface area contributed by atoms with E-state index in [1.807, 2.05) is 24.3 Å². The summed E-state index contributed by atoms with van der Waals surface area (Å²) in [5, 5.41) is 0. The Bertz CT molecular complexity index is 552. The summed E-state index contributed by atoms with van der Waals surface area (Å²) in [5.41, 5.74) is 0.811. The third-order valence-electron chi connectivity index (χ3n) is 6.42. The second-order valence-electron chi connectivity index (χ2n) is 9.46. The molecule has 1 aromatic rings. The van der Waals surface area contributed by atoms with Crippen LogP contribution in [0.3, 0.4) is 0 Å². The Morgan fingerprint density at radius 1 is 0.656 bits per heavy atom. The summed E-state index contributed by atoms with van der Waals surface area (Å²) in [6.07, 6.45) is 23.8. The van der Waals surface area contributed by atoms with Crippen molar-refractivity contribution in [1.82, 2.24) is 4.90 Å². The van der Waals surface area contributed by atoms with Crippen LogP contribution in [0.1, 0.15) is 140 Å². The molecule has 0 bridgehead atoms. The molecular formula is C29H50BrNO. The molecule has 1 aromatic carbocycles. The lowest BCUT2D eigenvalue weighted by atomic mass is 10.1. The van der Waals surface area contributed by atoms with Gasteiger partial charge in [-0.25, -0.2) is 0 Å². The maximum atomic E-state index is 13.1. The molecule has 0 aliphatic heterocycles. The molecule has 0 atom stereocenters. The summed E-state index contributed by atoms with van der Waals surface area (Å²) < 4.78 is 0.981. The van der Waals surface area contributed by atoms with Crippen molar-refractivity contribution in [1.29, 1.82) is 0 Å². The molecule has 1 amide bonds. The van der Waals surface area contributed by atoms with Crippen LogP contribution in [0.25, 0.3) is 0 Å². The molecule has 184 valence electrons. The number of rotatable bonds is 21. The summed E-state index contributed by atoms with van der Waals surface area (Å²) in [7, 11) is 0. The number of nitrogens with zero attached hydrogens (tertiary/aromatic N) is 1. The highest BCUT2D eigenvalue weighted by molar-refractivity contribution is 9.10. The average Bonchev–Trinajstić information content (AvgIpc) is 2.80. The Morgan fingerprint density at radius 3 is 1.47 bits per heavy atom. The zero-order valence-corrected chi connectivity index (χ0v) is 22.8. The summed E-state index contributed by atoms with van der Waals surface area (Å²) in [6.45, 7) is 6.35. The third kappa shape index (κ3) is 15.1. The van der Waals surface area contributed by atoms with Crippen LogP contribution >= 0.6 is 15.9 Å². The number of hydrogen-bond acceptors (Lipinski definition) is 1.